The number of unbranched alkanes of at least 4 members (excludes halogenated alkanes) is 1. The number of aromatic amines is 1. The molecular weight excluding hydrogens is 288 g/mol. The average molecular weight is 308 g/mol. The molecule has 0 saturated heterocycles. The number of nitrogens with one attached hydrogen (secondary N) is 1. The van der Waals surface area contributed by atoms with Gasteiger partial charge in [0, 0.05) is 12.2 Å². The number of hydrogen-bond acceptors (Lipinski definition) is 3. The topological polar surface area (TPSA) is 55.0 Å². The molecule has 3 rings (SSSR count). The van der Waals surface area contributed by atoms with Crippen LogP contribution in [0.1, 0.15) is 25.3 Å². The third-order valence-electron chi connectivity index (χ3n) is 3.79. The van der Waals surface area contributed by atoms with Gasteiger partial charge in [-0.15, -0.1) is 0 Å². The fourth-order valence-electron chi connectivity index (χ4n) is 2.52. The summed E-state index contributed by atoms with van der Waals surface area (Å²) >= 11 is 0. The van der Waals surface area contributed by atoms with Gasteiger partial charge >= 0.3 is 0 Å². The van der Waals surface area contributed by atoms with Crippen LogP contribution in [0.4, 0.5) is 0 Å². The summed E-state index contributed by atoms with van der Waals surface area (Å²) in [5.41, 5.74) is 2.52. The molecule has 4 nitrogen and oxygen atoms in total. The lowest BCUT2D eigenvalue weighted by Crippen LogP contribution is -2.10. The lowest BCUT2D eigenvalue weighted by atomic mass is 10.1. The molecule has 118 valence electrons. The second kappa shape index (κ2) is 7.20. The number of benzene rings is 2. The highest BCUT2D eigenvalue weighted by molar-refractivity contribution is 5.79. The van der Waals surface area contributed by atoms with E-state index in [2.05, 4.69) is 16.9 Å². The Hall–Kier alpha value is -2.46. The SMILES string of the molecule is CCCCOCc1ccccc1-c1nc2ccccc2c(=O)[nH]1. The Labute approximate surface area is 135 Å². The minimum atomic E-state index is -0.118. The number of rotatable bonds is 6. The van der Waals surface area contributed by atoms with Crippen molar-refractivity contribution in [1.82, 2.24) is 9.97 Å². The van der Waals surface area contributed by atoms with Crippen LogP contribution in [0.15, 0.2) is 53.3 Å². The Kier molecular flexibility index (Phi) is 4.83. The van der Waals surface area contributed by atoms with Crippen LogP contribution in [-0.2, 0) is 11.3 Å². The molecule has 0 radical (unpaired) electrons. The van der Waals surface area contributed by atoms with Gasteiger partial charge < -0.3 is 9.72 Å². The Bertz CT molecular complexity index is 855. The number of nitrogens with zero attached hydrogens (tertiary/aromatic N) is 1. The van der Waals surface area contributed by atoms with Crippen LogP contribution in [-0.4, -0.2) is 16.6 Å². The van der Waals surface area contributed by atoms with E-state index in [9.17, 15) is 4.79 Å². The van der Waals surface area contributed by atoms with Gasteiger partial charge in [0.25, 0.3) is 5.56 Å². The van der Waals surface area contributed by atoms with Crippen molar-refractivity contribution in [1.29, 1.82) is 0 Å². The summed E-state index contributed by atoms with van der Waals surface area (Å²) in [6.45, 7) is 3.40. The van der Waals surface area contributed by atoms with Crippen LogP contribution in [0.5, 0.6) is 0 Å². The number of ether oxygens (including phenoxy) is 1. The zero-order valence-electron chi connectivity index (χ0n) is 13.2. The van der Waals surface area contributed by atoms with E-state index in [1.165, 1.54) is 0 Å². The maximum atomic E-state index is 12.3. The molecule has 4 heteroatoms. The summed E-state index contributed by atoms with van der Waals surface area (Å²) in [6.07, 6.45) is 2.16. The summed E-state index contributed by atoms with van der Waals surface area (Å²) in [6, 6.07) is 15.3. The van der Waals surface area contributed by atoms with Gasteiger partial charge in [0.05, 0.1) is 17.5 Å². The van der Waals surface area contributed by atoms with E-state index < -0.39 is 0 Å². The standard InChI is InChI=1S/C19H20N2O2/c1-2-3-12-23-13-14-8-4-5-9-15(14)18-20-17-11-7-6-10-16(17)19(22)21-18/h4-11H,2-3,12-13H2,1H3,(H,20,21,22). The van der Waals surface area contributed by atoms with Crippen LogP contribution in [0.3, 0.4) is 0 Å². The fraction of sp³-hybridized carbons (Fsp3) is 0.263. The molecule has 3 aromatic rings. The zero-order chi connectivity index (χ0) is 16.1. The van der Waals surface area contributed by atoms with Gasteiger partial charge in [-0.05, 0) is 24.1 Å². The third kappa shape index (κ3) is 3.48. The Morgan fingerprint density at radius 1 is 1.09 bits per heavy atom. The van der Waals surface area contributed by atoms with Crippen molar-refractivity contribution < 1.29 is 4.74 Å². The predicted molar refractivity (Wildman–Crippen MR) is 92.4 cm³/mol. The minimum Gasteiger partial charge on any atom is -0.377 e. The van der Waals surface area contributed by atoms with Crippen LogP contribution < -0.4 is 5.56 Å². The van der Waals surface area contributed by atoms with Gasteiger partial charge in [0.15, 0.2) is 0 Å². The number of para-hydroxylation sites is 1. The van der Waals surface area contributed by atoms with E-state index >= 15 is 0 Å². The number of H-pyrrole nitrogens is 1. The summed E-state index contributed by atoms with van der Waals surface area (Å²) < 4.78 is 5.72. The highest BCUT2D eigenvalue weighted by Gasteiger charge is 2.09. The van der Waals surface area contributed by atoms with Crippen molar-refractivity contribution in [2.24, 2.45) is 0 Å². The molecule has 23 heavy (non-hydrogen) atoms. The molecule has 0 atom stereocenters. The molecule has 0 fully saturated rings. The highest BCUT2D eigenvalue weighted by atomic mass is 16.5. The van der Waals surface area contributed by atoms with E-state index in [1.54, 1.807) is 6.07 Å². The van der Waals surface area contributed by atoms with Crippen molar-refractivity contribution >= 4 is 10.9 Å². The fourth-order valence-corrected chi connectivity index (χ4v) is 2.52. The zero-order valence-corrected chi connectivity index (χ0v) is 13.2. The van der Waals surface area contributed by atoms with Crippen LogP contribution >= 0.6 is 0 Å². The highest BCUT2D eigenvalue weighted by Crippen LogP contribution is 2.21. The molecule has 0 aliphatic rings. The first-order chi connectivity index (χ1) is 11.3. The largest absolute Gasteiger partial charge is 0.377 e. The lowest BCUT2D eigenvalue weighted by Gasteiger charge is -2.10. The van der Waals surface area contributed by atoms with Crippen LogP contribution in [0.25, 0.3) is 22.3 Å². The van der Waals surface area contributed by atoms with Gasteiger partial charge in [0.2, 0.25) is 0 Å². The maximum absolute atomic E-state index is 12.3. The van der Waals surface area contributed by atoms with Crippen molar-refractivity contribution in [3.8, 4) is 11.4 Å². The summed E-state index contributed by atoms with van der Waals surface area (Å²) in [5.74, 6) is 0.586. The quantitative estimate of drug-likeness (QED) is 0.702. The summed E-state index contributed by atoms with van der Waals surface area (Å²) in [4.78, 5) is 19.7. The van der Waals surface area contributed by atoms with Crippen molar-refractivity contribution in [2.75, 3.05) is 6.61 Å². The van der Waals surface area contributed by atoms with Crippen molar-refractivity contribution in [3.05, 3.63) is 64.4 Å². The lowest BCUT2D eigenvalue weighted by molar-refractivity contribution is 0.118. The van der Waals surface area contributed by atoms with Gasteiger partial charge in [-0.1, -0.05) is 49.7 Å². The Balaban J connectivity index is 1.97. The van der Waals surface area contributed by atoms with Crippen molar-refractivity contribution in [2.45, 2.75) is 26.4 Å². The molecule has 0 saturated carbocycles. The summed E-state index contributed by atoms with van der Waals surface area (Å²) in [5, 5.41) is 0.605. The normalized spacial score (nSPS) is 11.0. The maximum Gasteiger partial charge on any atom is 0.259 e. The van der Waals surface area contributed by atoms with E-state index in [1.807, 2.05) is 42.5 Å². The van der Waals surface area contributed by atoms with Crippen LogP contribution in [0, 0.1) is 0 Å². The molecule has 0 aliphatic heterocycles. The minimum absolute atomic E-state index is 0.118. The second-order valence-corrected chi connectivity index (χ2v) is 5.49. The number of hydrogen-bond donors (Lipinski definition) is 1. The molecule has 0 amide bonds. The number of aromatic nitrogens is 2. The first kappa shape index (κ1) is 15.4. The molecule has 0 aliphatic carbocycles. The molecule has 0 unspecified atom stereocenters. The molecule has 2 aromatic carbocycles. The molecule has 1 aromatic heterocycles. The Morgan fingerprint density at radius 3 is 2.74 bits per heavy atom. The second-order valence-electron chi connectivity index (χ2n) is 5.49. The van der Waals surface area contributed by atoms with E-state index in [0.717, 1.165) is 30.6 Å². The molecule has 1 N–H and O–H groups in total. The molecule has 1 heterocycles. The van der Waals surface area contributed by atoms with Gasteiger partial charge in [-0.25, -0.2) is 4.98 Å². The monoisotopic (exact) mass is 308 g/mol. The molecular formula is C19H20N2O2. The smallest absolute Gasteiger partial charge is 0.259 e. The number of fused-ring (bicyclic) bond motifs is 1. The van der Waals surface area contributed by atoms with Gasteiger partial charge in [0.1, 0.15) is 5.82 Å². The van der Waals surface area contributed by atoms with Crippen molar-refractivity contribution in [3.63, 3.8) is 0 Å². The van der Waals surface area contributed by atoms with Crippen LogP contribution in [0.2, 0.25) is 0 Å². The first-order valence-electron chi connectivity index (χ1n) is 7.94. The Morgan fingerprint density at radius 2 is 1.87 bits per heavy atom. The predicted octanol–water partition coefficient (Wildman–Crippen LogP) is 3.91. The van der Waals surface area contributed by atoms with E-state index in [-0.39, 0.29) is 5.56 Å². The van der Waals surface area contributed by atoms with Gasteiger partial charge in [-0.3, -0.25) is 4.79 Å². The molecule has 0 spiro atoms. The third-order valence-corrected chi connectivity index (χ3v) is 3.79. The average Bonchev–Trinajstić information content (AvgIpc) is 2.59. The van der Waals surface area contributed by atoms with E-state index in [0.29, 0.717) is 23.3 Å². The molecule has 0 bridgehead atoms. The first-order valence-corrected chi connectivity index (χ1v) is 7.94. The van der Waals surface area contributed by atoms with E-state index in [4.69, 9.17) is 4.74 Å². The summed E-state index contributed by atoms with van der Waals surface area (Å²) in [7, 11) is 0. The van der Waals surface area contributed by atoms with Gasteiger partial charge in [-0.2, -0.15) is 0 Å².